The lowest BCUT2D eigenvalue weighted by atomic mass is 10.1. The first-order valence-corrected chi connectivity index (χ1v) is 7.30. The molecule has 4 nitrogen and oxygen atoms in total. The maximum absolute atomic E-state index is 12.4. The number of ether oxygens (including phenoxy) is 2. The Labute approximate surface area is 139 Å². The molecule has 0 amide bonds. The van der Waals surface area contributed by atoms with Gasteiger partial charge in [0.15, 0.2) is 23.1 Å². The van der Waals surface area contributed by atoms with Crippen LogP contribution in [0.3, 0.4) is 0 Å². The molecule has 0 unspecified atom stereocenters. The van der Waals surface area contributed by atoms with Crippen LogP contribution >= 0.6 is 0 Å². The summed E-state index contributed by atoms with van der Waals surface area (Å²) < 4.78 is 10.6. The van der Waals surface area contributed by atoms with Crippen molar-refractivity contribution in [2.75, 3.05) is 13.7 Å². The van der Waals surface area contributed by atoms with Gasteiger partial charge in [-0.3, -0.25) is 9.59 Å². The summed E-state index contributed by atoms with van der Waals surface area (Å²) in [6.45, 7) is 0.128. The summed E-state index contributed by atoms with van der Waals surface area (Å²) in [6, 6.07) is 11.9. The molecular weight excluding hydrogens is 304 g/mol. The maximum Gasteiger partial charge on any atom is 0.197 e. The number of Topliss-reactive ketones (excluding diaryl/α,β-unsaturated/α-hetero) is 2. The van der Waals surface area contributed by atoms with Crippen molar-refractivity contribution in [3.63, 3.8) is 0 Å². The largest absolute Gasteiger partial charge is 0.493 e. The normalized spacial score (nSPS) is 12.6. The van der Waals surface area contributed by atoms with Crippen LogP contribution in [0.1, 0.15) is 26.3 Å². The molecule has 2 aromatic rings. The number of carbonyl (C=O) groups is 2. The van der Waals surface area contributed by atoms with Gasteiger partial charge in [-0.2, -0.15) is 0 Å². The van der Waals surface area contributed by atoms with Crippen LogP contribution in [0.5, 0.6) is 11.5 Å². The Bertz CT molecular complexity index is 863. The second-order valence-corrected chi connectivity index (χ2v) is 5.16. The zero-order valence-corrected chi connectivity index (χ0v) is 13.0. The number of terminal acetylenes is 1. The zero-order valence-electron chi connectivity index (χ0n) is 13.0. The van der Waals surface area contributed by atoms with Gasteiger partial charge in [0.2, 0.25) is 0 Å². The lowest BCUT2D eigenvalue weighted by Crippen LogP contribution is -2.01. The van der Waals surface area contributed by atoms with Gasteiger partial charge in [-0.15, -0.1) is 6.42 Å². The van der Waals surface area contributed by atoms with E-state index in [4.69, 9.17) is 15.9 Å². The molecule has 118 valence electrons. The van der Waals surface area contributed by atoms with E-state index >= 15 is 0 Å². The first-order valence-electron chi connectivity index (χ1n) is 7.30. The molecule has 0 atom stereocenters. The molecule has 0 fully saturated rings. The molecule has 1 aliphatic rings. The van der Waals surface area contributed by atoms with Crippen molar-refractivity contribution in [3.05, 3.63) is 64.7 Å². The third-order valence-electron chi connectivity index (χ3n) is 3.72. The van der Waals surface area contributed by atoms with Crippen LogP contribution in [0.25, 0.3) is 6.08 Å². The van der Waals surface area contributed by atoms with Gasteiger partial charge in [-0.25, -0.2) is 0 Å². The maximum atomic E-state index is 12.4. The molecule has 0 heterocycles. The van der Waals surface area contributed by atoms with Crippen molar-refractivity contribution in [1.82, 2.24) is 0 Å². The average Bonchev–Trinajstić information content (AvgIpc) is 2.86. The molecule has 0 aromatic heterocycles. The van der Waals surface area contributed by atoms with E-state index in [0.29, 0.717) is 28.2 Å². The van der Waals surface area contributed by atoms with Crippen LogP contribution in [-0.4, -0.2) is 25.3 Å². The SMILES string of the molecule is C#CCOc1ccc(C=C2C(=O)c3ccccc3C2=O)cc1OC. The molecule has 4 heteroatoms. The minimum Gasteiger partial charge on any atom is -0.493 e. The molecular formula is C20H14O4. The molecule has 0 aliphatic heterocycles. The van der Waals surface area contributed by atoms with Crippen molar-refractivity contribution in [3.8, 4) is 23.8 Å². The molecule has 2 aromatic carbocycles. The van der Waals surface area contributed by atoms with Crippen LogP contribution < -0.4 is 9.47 Å². The van der Waals surface area contributed by atoms with E-state index in [1.165, 1.54) is 7.11 Å². The summed E-state index contributed by atoms with van der Waals surface area (Å²) in [6.07, 6.45) is 6.75. The highest BCUT2D eigenvalue weighted by atomic mass is 16.5. The first-order chi connectivity index (χ1) is 11.7. The smallest absolute Gasteiger partial charge is 0.197 e. The van der Waals surface area contributed by atoms with Crippen LogP contribution in [0.2, 0.25) is 0 Å². The van der Waals surface area contributed by atoms with Crippen LogP contribution in [0.15, 0.2) is 48.0 Å². The Morgan fingerprint density at radius 2 is 1.71 bits per heavy atom. The number of ketones is 2. The van der Waals surface area contributed by atoms with Gasteiger partial charge in [0.25, 0.3) is 0 Å². The quantitative estimate of drug-likeness (QED) is 0.493. The summed E-state index contributed by atoms with van der Waals surface area (Å²) in [5.41, 5.74) is 1.70. The minimum atomic E-state index is -0.262. The van der Waals surface area contributed by atoms with Crippen LogP contribution in [0, 0.1) is 12.3 Å². The fourth-order valence-corrected chi connectivity index (χ4v) is 2.58. The van der Waals surface area contributed by atoms with Crippen molar-refractivity contribution in [1.29, 1.82) is 0 Å². The molecule has 0 saturated carbocycles. The van der Waals surface area contributed by atoms with Gasteiger partial charge < -0.3 is 9.47 Å². The number of carbonyl (C=O) groups excluding carboxylic acids is 2. The van der Waals surface area contributed by atoms with Crippen molar-refractivity contribution in [2.45, 2.75) is 0 Å². The lowest BCUT2D eigenvalue weighted by Gasteiger charge is -2.09. The summed E-state index contributed by atoms with van der Waals surface area (Å²) in [5.74, 6) is 2.85. The molecule has 0 bridgehead atoms. The molecule has 0 N–H and O–H groups in total. The minimum absolute atomic E-state index is 0.128. The van der Waals surface area contributed by atoms with E-state index in [9.17, 15) is 9.59 Å². The molecule has 0 radical (unpaired) electrons. The topological polar surface area (TPSA) is 52.6 Å². The standard InChI is InChI=1S/C20H14O4/c1-3-10-24-17-9-8-13(12-18(17)23-2)11-16-19(21)14-6-4-5-7-15(14)20(16)22/h1,4-9,11-12H,10H2,2H3. The highest BCUT2D eigenvalue weighted by Gasteiger charge is 2.32. The molecule has 24 heavy (non-hydrogen) atoms. The van der Waals surface area contributed by atoms with E-state index in [1.54, 1.807) is 48.5 Å². The molecule has 0 saturated heterocycles. The van der Waals surface area contributed by atoms with Gasteiger partial charge in [-0.1, -0.05) is 36.3 Å². The molecule has 0 spiro atoms. The monoisotopic (exact) mass is 318 g/mol. The lowest BCUT2D eigenvalue weighted by molar-refractivity contribution is 0.0990. The summed E-state index contributed by atoms with van der Waals surface area (Å²) in [4.78, 5) is 24.8. The van der Waals surface area contributed by atoms with E-state index in [0.717, 1.165) is 0 Å². The van der Waals surface area contributed by atoms with Gasteiger partial charge in [-0.05, 0) is 23.8 Å². The van der Waals surface area contributed by atoms with Crippen LogP contribution in [0.4, 0.5) is 0 Å². The molecule has 3 rings (SSSR count). The summed E-state index contributed by atoms with van der Waals surface area (Å²) in [5, 5.41) is 0. The Kier molecular flexibility index (Phi) is 4.17. The number of methoxy groups -OCH3 is 1. The van der Waals surface area contributed by atoms with Gasteiger partial charge in [0, 0.05) is 11.1 Å². The number of benzene rings is 2. The number of allylic oxidation sites excluding steroid dienone is 1. The highest BCUT2D eigenvalue weighted by Crippen LogP contribution is 2.31. The fraction of sp³-hybridized carbons (Fsp3) is 0.100. The average molecular weight is 318 g/mol. The van der Waals surface area contributed by atoms with Gasteiger partial charge >= 0.3 is 0 Å². The van der Waals surface area contributed by atoms with E-state index < -0.39 is 0 Å². The summed E-state index contributed by atoms with van der Waals surface area (Å²) in [7, 11) is 1.51. The van der Waals surface area contributed by atoms with E-state index in [1.807, 2.05) is 0 Å². The van der Waals surface area contributed by atoms with E-state index in [2.05, 4.69) is 5.92 Å². The predicted octanol–water partition coefficient (Wildman–Crippen LogP) is 3.17. The molecule has 1 aliphatic carbocycles. The third-order valence-corrected chi connectivity index (χ3v) is 3.72. The number of fused-ring (bicyclic) bond motifs is 1. The predicted molar refractivity (Wildman–Crippen MR) is 90.4 cm³/mol. The summed E-state index contributed by atoms with van der Waals surface area (Å²) >= 11 is 0. The van der Waals surface area contributed by atoms with Gasteiger partial charge in [0.05, 0.1) is 12.7 Å². The Balaban J connectivity index is 1.97. The first kappa shape index (κ1) is 15.6. The van der Waals surface area contributed by atoms with E-state index in [-0.39, 0.29) is 23.7 Å². The zero-order chi connectivity index (χ0) is 17.1. The highest BCUT2D eigenvalue weighted by molar-refractivity contribution is 6.41. The number of rotatable bonds is 4. The number of hydrogen-bond acceptors (Lipinski definition) is 4. The van der Waals surface area contributed by atoms with Crippen molar-refractivity contribution in [2.24, 2.45) is 0 Å². The Morgan fingerprint density at radius 1 is 1.04 bits per heavy atom. The second-order valence-electron chi connectivity index (χ2n) is 5.16. The Hall–Kier alpha value is -3.32. The second kappa shape index (κ2) is 6.43. The Morgan fingerprint density at radius 3 is 2.29 bits per heavy atom. The number of hydrogen-bond donors (Lipinski definition) is 0. The van der Waals surface area contributed by atoms with Gasteiger partial charge in [0.1, 0.15) is 6.61 Å². The van der Waals surface area contributed by atoms with Crippen LogP contribution in [-0.2, 0) is 0 Å². The third kappa shape index (κ3) is 2.68. The van der Waals surface area contributed by atoms with Crippen molar-refractivity contribution >= 4 is 17.6 Å². The van der Waals surface area contributed by atoms with Crippen molar-refractivity contribution < 1.29 is 19.1 Å². The fourth-order valence-electron chi connectivity index (χ4n) is 2.58.